The monoisotopic (exact) mass is 233 g/mol. The molecule has 0 fully saturated rings. The fraction of sp³-hybridized carbons (Fsp3) is 0.688. The molecule has 1 unspecified atom stereocenters. The minimum atomic E-state index is 0.711. The fourth-order valence-corrected chi connectivity index (χ4v) is 1.87. The lowest BCUT2D eigenvalue weighted by molar-refractivity contribution is 0.412. The van der Waals surface area contributed by atoms with Gasteiger partial charge in [0.25, 0.3) is 0 Å². The Morgan fingerprint density at radius 2 is 1.82 bits per heavy atom. The first kappa shape index (κ1) is 14.2. The molecule has 1 rings (SSSR count). The Morgan fingerprint density at radius 1 is 1.12 bits per heavy atom. The van der Waals surface area contributed by atoms with E-state index in [0.29, 0.717) is 5.92 Å². The SMILES string of the molecule is CC(C)CCc1cccnc1CC(C)C(C)C. The van der Waals surface area contributed by atoms with Crippen LogP contribution in [0, 0.1) is 17.8 Å². The van der Waals surface area contributed by atoms with E-state index in [2.05, 4.69) is 51.7 Å². The van der Waals surface area contributed by atoms with Crippen molar-refractivity contribution < 1.29 is 0 Å². The molecule has 0 saturated heterocycles. The maximum atomic E-state index is 4.58. The van der Waals surface area contributed by atoms with Gasteiger partial charge in [0.15, 0.2) is 0 Å². The first-order chi connectivity index (χ1) is 8.00. The molecule has 0 amide bonds. The molecule has 1 nitrogen and oxygen atoms in total. The second kappa shape index (κ2) is 6.78. The third-order valence-electron chi connectivity index (χ3n) is 3.63. The highest BCUT2D eigenvalue weighted by Gasteiger charge is 2.12. The molecular formula is C16H27N. The van der Waals surface area contributed by atoms with Gasteiger partial charge in [0.05, 0.1) is 0 Å². The standard InChI is InChI=1S/C16H27N/c1-12(2)8-9-15-7-6-10-17-16(15)11-14(5)13(3)4/h6-7,10,12-14H,8-9,11H2,1-5H3. The molecule has 0 aliphatic carbocycles. The van der Waals surface area contributed by atoms with Crippen LogP contribution in [0.1, 0.15) is 52.3 Å². The maximum absolute atomic E-state index is 4.58. The van der Waals surface area contributed by atoms with Crippen LogP contribution in [-0.2, 0) is 12.8 Å². The van der Waals surface area contributed by atoms with Crippen molar-refractivity contribution in [3.8, 4) is 0 Å². The Hall–Kier alpha value is -0.850. The van der Waals surface area contributed by atoms with Crippen LogP contribution in [0.15, 0.2) is 18.3 Å². The number of pyridine rings is 1. The lowest BCUT2D eigenvalue weighted by atomic mass is 9.90. The summed E-state index contributed by atoms with van der Waals surface area (Å²) in [5.74, 6) is 2.21. The van der Waals surface area contributed by atoms with Gasteiger partial charge >= 0.3 is 0 Å². The lowest BCUT2D eigenvalue weighted by Crippen LogP contribution is -2.10. The molecule has 1 atom stereocenters. The smallest absolute Gasteiger partial charge is 0.0438 e. The highest BCUT2D eigenvalue weighted by Crippen LogP contribution is 2.19. The molecule has 17 heavy (non-hydrogen) atoms. The van der Waals surface area contributed by atoms with Gasteiger partial charge in [-0.2, -0.15) is 0 Å². The normalized spacial score (nSPS) is 13.4. The third-order valence-corrected chi connectivity index (χ3v) is 3.63. The van der Waals surface area contributed by atoms with Crippen molar-refractivity contribution in [2.24, 2.45) is 17.8 Å². The summed E-state index contributed by atoms with van der Waals surface area (Å²) < 4.78 is 0. The Balaban J connectivity index is 2.70. The van der Waals surface area contributed by atoms with Crippen molar-refractivity contribution in [2.75, 3.05) is 0 Å². The molecule has 0 N–H and O–H groups in total. The zero-order valence-corrected chi connectivity index (χ0v) is 12.0. The topological polar surface area (TPSA) is 12.9 Å². The number of nitrogens with zero attached hydrogens (tertiary/aromatic N) is 1. The van der Waals surface area contributed by atoms with Crippen LogP contribution in [0.4, 0.5) is 0 Å². The van der Waals surface area contributed by atoms with Crippen molar-refractivity contribution in [2.45, 2.75) is 53.9 Å². The molecule has 1 heterocycles. The molecule has 0 spiro atoms. The predicted octanol–water partition coefficient (Wildman–Crippen LogP) is 4.50. The van der Waals surface area contributed by atoms with E-state index in [1.165, 1.54) is 24.1 Å². The average Bonchev–Trinajstić information content (AvgIpc) is 2.27. The first-order valence-corrected chi connectivity index (χ1v) is 6.93. The fourth-order valence-electron chi connectivity index (χ4n) is 1.87. The van der Waals surface area contributed by atoms with E-state index in [1.54, 1.807) is 0 Å². The van der Waals surface area contributed by atoms with E-state index in [1.807, 2.05) is 6.20 Å². The van der Waals surface area contributed by atoms with Gasteiger partial charge in [0, 0.05) is 11.9 Å². The molecule has 1 aromatic heterocycles. The summed E-state index contributed by atoms with van der Waals surface area (Å²) in [5, 5.41) is 0. The summed E-state index contributed by atoms with van der Waals surface area (Å²) in [6, 6.07) is 4.32. The summed E-state index contributed by atoms with van der Waals surface area (Å²) in [4.78, 5) is 4.58. The van der Waals surface area contributed by atoms with Gasteiger partial charge in [-0.25, -0.2) is 0 Å². The highest BCUT2D eigenvalue weighted by molar-refractivity contribution is 5.20. The number of rotatable bonds is 6. The predicted molar refractivity (Wildman–Crippen MR) is 75.1 cm³/mol. The molecule has 0 aliphatic heterocycles. The van der Waals surface area contributed by atoms with Crippen LogP contribution < -0.4 is 0 Å². The molecule has 1 aromatic rings. The Labute approximate surface area is 107 Å². The number of hydrogen-bond acceptors (Lipinski definition) is 1. The molecule has 0 aromatic carbocycles. The van der Waals surface area contributed by atoms with E-state index in [9.17, 15) is 0 Å². The highest BCUT2D eigenvalue weighted by atomic mass is 14.7. The van der Waals surface area contributed by atoms with Crippen molar-refractivity contribution in [1.82, 2.24) is 4.98 Å². The van der Waals surface area contributed by atoms with E-state index in [4.69, 9.17) is 0 Å². The largest absolute Gasteiger partial charge is 0.261 e. The van der Waals surface area contributed by atoms with Crippen LogP contribution >= 0.6 is 0 Å². The molecule has 0 aliphatic rings. The number of aromatic nitrogens is 1. The molecule has 0 radical (unpaired) electrons. The summed E-state index contributed by atoms with van der Waals surface area (Å²) in [7, 11) is 0. The molecule has 96 valence electrons. The second-order valence-corrected chi connectivity index (χ2v) is 5.97. The summed E-state index contributed by atoms with van der Waals surface area (Å²) >= 11 is 0. The van der Waals surface area contributed by atoms with E-state index >= 15 is 0 Å². The molecule has 0 saturated carbocycles. The minimum Gasteiger partial charge on any atom is -0.261 e. The van der Waals surface area contributed by atoms with E-state index < -0.39 is 0 Å². The Kier molecular flexibility index (Phi) is 5.67. The van der Waals surface area contributed by atoms with Gasteiger partial charge in [-0.15, -0.1) is 0 Å². The molecular weight excluding hydrogens is 206 g/mol. The van der Waals surface area contributed by atoms with E-state index in [-0.39, 0.29) is 0 Å². The summed E-state index contributed by atoms with van der Waals surface area (Å²) in [6.07, 6.45) is 5.48. The second-order valence-electron chi connectivity index (χ2n) is 5.97. The van der Waals surface area contributed by atoms with Gasteiger partial charge in [-0.1, -0.05) is 40.7 Å². The van der Waals surface area contributed by atoms with Crippen molar-refractivity contribution in [3.63, 3.8) is 0 Å². The van der Waals surface area contributed by atoms with Crippen LogP contribution in [-0.4, -0.2) is 4.98 Å². The van der Waals surface area contributed by atoms with Crippen LogP contribution in [0.25, 0.3) is 0 Å². The van der Waals surface area contributed by atoms with Crippen LogP contribution in [0.2, 0.25) is 0 Å². The zero-order chi connectivity index (χ0) is 12.8. The van der Waals surface area contributed by atoms with Gasteiger partial charge in [0.1, 0.15) is 0 Å². The maximum Gasteiger partial charge on any atom is 0.0438 e. The number of aryl methyl sites for hydroxylation is 1. The Bertz CT molecular complexity index is 328. The van der Waals surface area contributed by atoms with Gasteiger partial charge in [-0.05, 0) is 48.6 Å². The molecule has 1 heteroatoms. The van der Waals surface area contributed by atoms with Gasteiger partial charge < -0.3 is 0 Å². The zero-order valence-electron chi connectivity index (χ0n) is 12.0. The summed E-state index contributed by atoms with van der Waals surface area (Å²) in [6.45, 7) is 11.5. The average molecular weight is 233 g/mol. The molecule has 0 bridgehead atoms. The van der Waals surface area contributed by atoms with Crippen molar-refractivity contribution in [3.05, 3.63) is 29.6 Å². The van der Waals surface area contributed by atoms with E-state index in [0.717, 1.165) is 18.3 Å². The number of hydrogen-bond donors (Lipinski definition) is 0. The Morgan fingerprint density at radius 3 is 2.41 bits per heavy atom. The van der Waals surface area contributed by atoms with Gasteiger partial charge in [0.2, 0.25) is 0 Å². The minimum absolute atomic E-state index is 0.711. The third kappa shape index (κ3) is 4.89. The van der Waals surface area contributed by atoms with Crippen molar-refractivity contribution in [1.29, 1.82) is 0 Å². The summed E-state index contributed by atoms with van der Waals surface area (Å²) in [5.41, 5.74) is 2.77. The van der Waals surface area contributed by atoms with Crippen molar-refractivity contribution >= 4 is 0 Å². The van der Waals surface area contributed by atoms with Crippen LogP contribution in [0.3, 0.4) is 0 Å². The first-order valence-electron chi connectivity index (χ1n) is 6.93. The lowest BCUT2D eigenvalue weighted by Gasteiger charge is -2.17. The quantitative estimate of drug-likeness (QED) is 0.704. The van der Waals surface area contributed by atoms with Gasteiger partial charge in [-0.3, -0.25) is 4.98 Å². The van der Waals surface area contributed by atoms with Crippen LogP contribution in [0.5, 0.6) is 0 Å².